The van der Waals surface area contributed by atoms with Gasteiger partial charge < -0.3 is 14.3 Å². The van der Waals surface area contributed by atoms with Crippen LogP contribution in [-0.2, 0) is 0 Å². The number of rotatable bonds is 6. The highest BCUT2D eigenvalue weighted by Gasteiger charge is 2.20. The molecule has 0 saturated heterocycles. The van der Waals surface area contributed by atoms with Crippen LogP contribution in [0.5, 0.6) is 0 Å². The van der Waals surface area contributed by atoms with E-state index in [2.05, 4.69) is 192 Å². The summed E-state index contributed by atoms with van der Waals surface area (Å²) < 4.78 is 8.95. The lowest BCUT2D eigenvalue weighted by Crippen LogP contribution is -1.95. The van der Waals surface area contributed by atoms with Crippen LogP contribution in [0.25, 0.3) is 82.8 Å². The van der Waals surface area contributed by atoms with Gasteiger partial charge in [0.2, 0.25) is 0 Å². The topological polar surface area (TPSA) is 30.1 Å². The van der Waals surface area contributed by atoms with Gasteiger partial charge in [0.25, 0.3) is 0 Å². The lowest BCUT2D eigenvalue weighted by atomic mass is 9.96. The monoisotopic (exact) mass is 652 g/mol. The van der Waals surface area contributed by atoms with Crippen LogP contribution in [0.2, 0.25) is 0 Å². The summed E-state index contributed by atoms with van der Waals surface area (Å²) in [6.45, 7) is 0. The molecule has 240 valence electrons. The number of nitrogens with one attached hydrogen (secondary N) is 1. The van der Waals surface area contributed by atoms with Gasteiger partial charge in [-0.1, -0.05) is 127 Å². The van der Waals surface area contributed by atoms with Crippen LogP contribution in [0.3, 0.4) is 0 Å². The van der Waals surface area contributed by atoms with Gasteiger partial charge >= 0.3 is 0 Å². The quantitative estimate of drug-likeness (QED) is 0.194. The Bertz CT molecular complexity index is 2850. The summed E-state index contributed by atoms with van der Waals surface area (Å²) in [4.78, 5) is 0. The van der Waals surface area contributed by atoms with Gasteiger partial charge in [-0.25, -0.2) is 0 Å². The predicted molar refractivity (Wildman–Crippen MR) is 214 cm³/mol. The van der Waals surface area contributed by atoms with Crippen LogP contribution in [-0.4, -0.2) is 4.57 Å². The standard InChI is InChI=1S/C48H32N2O/c1-4-12-32(13-5-1)33-20-24-37(25-21-33)49-44-28-22-35(30-42(44)34-14-6-2-7-15-34)36-23-29-45-43(31-36)40-26-27-41-39-18-10-11-19-46(39)51-48(41)47(40)50(45)38-16-8-3-9-17-38/h1-31,49H. The first-order valence-electron chi connectivity index (χ1n) is 17.3. The molecule has 0 saturated carbocycles. The second-order valence-corrected chi connectivity index (χ2v) is 13.0. The van der Waals surface area contributed by atoms with Crippen LogP contribution < -0.4 is 5.32 Å². The number of para-hydroxylation sites is 2. The molecule has 3 nitrogen and oxygen atoms in total. The van der Waals surface area contributed by atoms with E-state index >= 15 is 0 Å². The Morgan fingerprint density at radius 1 is 0.412 bits per heavy atom. The van der Waals surface area contributed by atoms with E-state index in [0.717, 1.165) is 72.3 Å². The third kappa shape index (κ3) is 4.98. The van der Waals surface area contributed by atoms with E-state index in [1.54, 1.807) is 0 Å². The van der Waals surface area contributed by atoms with Crippen LogP contribution >= 0.6 is 0 Å². The first kappa shape index (κ1) is 29.1. The number of hydrogen-bond donors (Lipinski definition) is 1. The number of benzene rings is 8. The Morgan fingerprint density at radius 2 is 1.02 bits per heavy atom. The van der Waals surface area contributed by atoms with E-state index in [4.69, 9.17) is 4.42 Å². The normalized spacial score (nSPS) is 11.5. The predicted octanol–water partition coefficient (Wildman–Crippen LogP) is 13.4. The van der Waals surface area contributed by atoms with E-state index in [0.29, 0.717) is 0 Å². The lowest BCUT2D eigenvalue weighted by Gasteiger charge is -2.15. The van der Waals surface area contributed by atoms with Gasteiger partial charge in [-0.15, -0.1) is 0 Å². The molecule has 51 heavy (non-hydrogen) atoms. The second-order valence-electron chi connectivity index (χ2n) is 13.0. The molecule has 2 heterocycles. The molecule has 0 aliphatic rings. The summed E-state index contributed by atoms with van der Waals surface area (Å²) in [5.74, 6) is 0. The molecule has 0 aliphatic heterocycles. The first-order chi connectivity index (χ1) is 25.3. The fraction of sp³-hybridized carbons (Fsp3) is 0. The molecule has 2 aromatic heterocycles. The summed E-state index contributed by atoms with van der Waals surface area (Å²) in [7, 11) is 0. The number of hydrogen-bond acceptors (Lipinski definition) is 2. The number of nitrogens with zero attached hydrogens (tertiary/aromatic N) is 1. The van der Waals surface area contributed by atoms with Gasteiger partial charge in [0.1, 0.15) is 5.58 Å². The fourth-order valence-corrected chi connectivity index (χ4v) is 7.53. The van der Waals surface area contributed by atoms with E-state index < -0.39 is 0 Å². The van der Waals surface area contributed by atoms with Gasteiger partial charge in [-0.05, 0) is 88.5 Å². The summed E-state index contributed by atoms with van der Waals surface area (Å²) in [6, 6.07) is 66.7. The summed E-state index contributed by atoms with van der Waals surface area (Å²) in [5, 5.41) is 8.34. The van der Waals surface area contributed by atoms with Crippen molar-refractivity contribution in [2.45, 2.75) is 0 Å². The SMILES string of the molecule is c1ccc(-c2ccc(Nc3ccc(-c4ccc5c(c4)c4ccc6c7ccccc7oc6c4n5-c4ccccc4)cc3-c3ccccc3)cc2)cc1. The van der Waals surface area contributed by atoms with Crippen LogP contribution in [0, 0.1) is 0 Å². The molecule has 0 unspecified atom stereocenters. The minimum Gasteiger partial charge on any atom is -0.454 e. The van der Waals surface area contributed by atoms with Crippen molar-refractivity contribution in [3.8, 4) is 39.1 Å². The van der Waals surface area contributed by atoms with Crippen molar-refractivity contribution in [3.63, 3.8) is 0 Å². The van der Waals surface area contributed by atoms with Crippen LogP contribution in [0.1, 0.15) is 0 Å². The highest BCUT2D eigenvalue weighted by atomic mass is 16.3. The zero-order valence-electron chi connectivity index (χ0n) is 27.8. The van der Waals surface area contributed by atoms with Crippen molar-refractivity contribution in [1.82, 2.24) is 4.57 Å². The van der Waals surface area contributed by atoms with E-state index in [9.17, 15) is 0 Å². The molecule has 0 aliphatic carbocycles. The van der Waals surface area contributed by atoms with Gasteiger partial charge in [-0.2, -0.15) is 0 Å². The van der Waals surface area contributed by atoms with Crippen molar-refractivity contribution in [2.24, 2.45) is 0 Å². The number of fused-ring (bicyclic) bond motifs is 7. The average Bonchev–Trinajstić information content (AvgIpc) is 3.75. The van der Waals surface area contributed by atoms with Gasteiger partial charge in [0.05, 0.1) is 11.0 Å². The lowest BCUT2D eigenvalue weighted by molar-refractivity contribution is 0.671. The zero-order chi connectivity index (χ0) is 33.7. The van der Waals surface area contributed by atoms with E-state index in [-0.39, 0.29) is 0 Å². The third-order valence-electron chi connectivity index (χ3n) is 10.00. The minimum atomic E-state index is 0.903. The van der Waals surface area contributed by atoms with Gasteiger partial charge in [-0.3, -0.25) is 0 Å². The maximum absolute atomic E-state index is 6.60. The Labute approximate surface area is 295 Å². The number of anilines is 2. The molecule has 3 heteroatoms. The van der Waals surface area contributed by atoms with E-state index in [1.165, 1.54) is 21.9 Å². The van der Waals surface area contributed by atoms with Gasteiger partial charge in [0.15, 0.2) is 5.58 Å². The summed E-state index contributed by atoms with van der Waals surface area (Å²) in [6.07, 6.45) is 0. The Kier molecular flexibility index (Phi) is 6.81. The molecular weight excluding hydrogens is 621 g/mol. The molecule has 0 atom stereocenters. The molecule has 0 spiro atoms. The molecule has 8 aromatic carbocycles. The average molecular weight is 653 g/mol. The highest BCUT2D eigenvalue weighted by molar-refractivity contribution is 6.22. The molecule has 0 bridgehead atoms. The van der Waals surface area contributed by atoms with Crippen molar-refractivity contribution in [3.05, 3.63) is 188 Å². The first-order valence-corrected chi connectivity index (χ1v) is 17.3. The number of furan rings is 1. The molecule has 0 amide bonds. The third-order valence-corrected chi connectivity index (χ3v) is 10.00. The summed E-state index contributed by atoms with van der Waals surface area (Å²) >= 11 is 0. The Morgan fingerprint density at radius 3 is 1.80 bits per heavy atom. The van der Waals surface area contributed by atoms with Crippen molar-refractivity contribution in [1.29, 1.82) is 0 Å². The molecule has 10 rings (SSSR count). The number of aromatic nitrogens is 1. The minimum absolute atomic E-state index is 0.903. The molecule has 10 aromatic rings. The van der Waals surface area contributed by atoms with Crippen LogP contribution in [0.15, 0.2) is 192 Å². The second kappa shape index (κ2) is 11.9. The molecular formula is C48H32N2O. The molecule has 0 fully saturated rings. The fourth-order valence-electron chi connectivity index (χ4n) is 7.53. The maximum atomic E-state index is 6.60. The van der Waals surface area contributed by atoms with Crippen molar-refractivity contribution in [2.75, 3.05) is 5.32 Å². The van der Waals surface area contributed by atoms with Crippen molar-refractivity contribution >= 4 is 55.1 Å². The maximum Gasteiger partial charge on any atom is 0.160 e. The Hall–Kier alpha value is -6.84. The zero-order valence-corrected chi connectivity index (χ0v) is 27.8. The Balaban J connectivity index is 1.11. The van der Waals surface area contributed by atoms with Gasteiger partial charge in [0, 0.05) is 44.2 Å². The van der Waals surface area contributed by atoms with Crippen LogP contribution in [0.4, 0.5) is 11.4 Å². The smallest absolute Gasteiger partial charge is 0.160 e. The molecule has 0 radical (unpaired) electrons. The highest BCUT2D eigenvalue weighted by Crippen LogP contribution is 2.42. The largest absolute Gasteiger partial charge is 0.454 e. The van der Waals surface area contributed by atoms with E-state index in [1.807, 2.05) is 6.07 Å². The molecule has 1 N–H and O–H groups in total. The summed E-state index contributed by atoms with van der Waals surface area (Å²) in [5.41, 5.74) is 14.3. The van der Waals surface area contributed by atoms with Crippen molar-refractivity contribution < 1.29 is 4.42 Å².